The van der Waals surface area contributed by atoms with Gasteiger partial charge in [-0.3, -0.25) is 0 Å². The molecule has 7 aromatic carbocycles. The van der Waals surface area contributed by atoms with Crippen LogP contribution in [0.5, 0.6) is 69.0 Å². The standard InChI is InChI=1S/C51H16B3F15O6S2/c55-47(56,57)17-1-3-38-22(5-17)43-45(76-38)53-26-13-24-28(15-30(26)72-34-9-20(50(64,65)66)11-36(74-43)41(34)53)70-32-7-19(49(61,62)63)8-33-40(32)52(24)25-14-27-31(16-29(25)71-33)73-35-10-21(51(67,68)69)12-37-42(35)54(27)46-44(75-37)23-6-18(48(58,59)60)2-4-39(23)77-46/h1-16H. The van der Waals surface area contributed by atoms with E-state index in [1.54, 1.807) is 12.1 Å². The smallest absolute Gasteiger partial charge is 0.416 e. The Morgan fingerprint density at radius 3 is 0.883 bits per heavy atom. The zero-order valence-electron chi connectivity index (χ0n) is 37.4. The van der Waals surface area contributed by atoms with Gasteiger partial charge < -0.3 is 28.4 Å². The predicted molar refractivity (Wildman–Crippen MR) is 255 cm³/mol. The Balaban J connectivity index is 0.965. The lowest BCUT2D eigenvalue weighted by Crippen LogP contribution is -2.62. The van der Waals surface area contributed by atoms with Gasteiger partial charge in [0.25, 0.3) is 20.1 Å². The zero-order valence-corrected chi connectivity index (χ0v) is 39.0. The summed E-state index contributed by atoms with van der Waals surface area (Å²) < 4.78 is 254. The highest BCUT2D eigenvalue weighted by Crippen LogP contribution is 2.50. The minimum atomic E-state index is -4.99. The van der Waals surface area contributed by atoms with E-state index >= 15 is 0 Å². The topological polar surface area (TPSA) is 55.4 Å². The van der Waals surface area contributed by atoms with Crippen molar-refractivity contribution in [2.75, 3.05) is 0 Å². The molecule has 9 aromatic rings. The lowest BCUT2D eigenvalue weighted by molar-refractivity contribution is -0.138. The summed E-state index contributed by atoms with van der Waals surface area (Å²) in [5, 5.41) is -0.0866. The number of fused-ring (bicyclic) bond motifs is 16. The largest absolute Gasteiger partial charge is 0.458 e. The molecule has 0 radical (unpaired) electrons. The minimum absolute atomic E-state index is 0.0433. The first-order valence-electron chi connectivity index (χ1n) is 22.7. The molecule has 0 atom stereocenters. The summed E-state index contributed by atoms with van der Waals surface area (Å²) in [4.78, 5) is 0. The van der Waals surface area contributed by atoms with E-state index in [4.69, 9.17) is 28.4 Å². The Hall–Kier alpha value is -7.60. The quantitative estimate of drug-likeness (QED) is 0.111. The van der Waals surface area contributed by atoms with Gasteiger partial charge in [0.15, 0.2) is 0 Å². The van der Waals surface area contributed by atoms with Gasteiger partial charge in [-0.15, -0.1) is 22.7 Å². The number of thiophene rings is 2. The van der Waals surface area contributed by atoms with Crippen molar-refractivity contribution in [1.29, 1.82) is 0 Å². The number of hydrogen-bond donors (Lipinski definition) is 0. The van der Waals surface area contributed by atoms with E-state index in [1.807, 2.05) is 0 Å². The van der Waals surface area contributed by atoms with E-state index in [9.17, 15) is 65.9 Å². The number of rotatable bonds is 0. The van der Waals surface area contributed by atoms with E-state index in [0.29, 0.717) is 21.5 Å². The molecule has 6 nitrogen and oxygen atoms in total. The second-order valence-electron chi connectivity index (χ2n) is 18.9. The first kappa shape index (κ1) is 46.7. The molecular weight excluding hydrogens is 1090 g/mol. The summed E-state index contributed by atoms with van der Waals surface area (Å²) in [6.07, 6.45) is -24.6. The van der Waals surface area contributed by atoms with Crippen molar-refractivity contribution in [3.05, 3.63) is 125 Å². The van der Waals surface area contributed by atoms with Crippen LogP contribution in [0.25, 0.3) is 20.2 Å². The average molecular weight is 1110 g/mol. The first-order chi connectivity index (χ1) is 36.2. The summed E-state index contributed by atoms with van der Waals surface area (Å²) >= 11 is 2.04. The SMILES string of the molecule is FC(F)(F)c1cc2c3c(c1)Oc1cc4c(cc1B3c1cc3c(cc1O2)Oc1cc(C(F)(F)F)cc2c1B3c1sc3ccc(C(F)(F)F)cc3c1O2)B1c2sc3ccc(C(F)(F)F)cc3c2Oc2cc(C(F)(F)F)cc(c21)O4. The molecule has 6 aliphatic heterocycles. The molecule has 0 amide bonds. The maximum absolute atomic E-state index is 14.7. The average Bonchev–Trinajstić information content (AvgIpc) is 4.14. The number of alkyl halides is 15. The lowest BCUT2D eigenvalue weighted by Gasteiger charge is -2.37. The van der Waals surface area contributed by atoms with Gasteiger partial charge in [-0.2, -0.15) is 65.9 Å². The van der Waals surface area contributed by atoms with Gasteiger partial charge in [0.05, 0.1) is 27.8 Å². The molecular formula is C51H16B3F15O6S2. The van der Waals surface area contributed by atoms with Gasteiger partial charge in [-0.1, -0.05) is 12.1 Å². The molecule has 0 aliphatic carbocycles. The van der Waals surface area contributed by atoms with Crippen molar-refractivity contribution >= 4 is 111 Å². The van der Waals surface area contributed by atoms with Crippen molar-refractivity contribution in [1.82, 2.24) is 0 Å². The van der Waals surface area contributed by atoms with Crippen molar-refractivity contribution < 1.29 is 94.3 Å². The Kier molecular flexibility index (Phi) is 8.91. The lowest BCUT2D eigenvalue weighted by atomic mass is 9.31. The van der Waals surface area contributed by atoms with Gasteiger partial charge in [0, 0.05) is 58.2 Å². The normalized spacial score (nSPS) is 15.2. The van der Waals surface area contributed by atoms with Crippen LogP contribution in [-0.2, 0) is 30.9 Å². The zero-order chi connectivity index (χ0) is 53.5. The molecule has 6 aliphatic rings. The third kappa shape index (κ3) is 6.69. The van der Waals surface area contributed by atoms with Gasteiger partial charge in [0.1, 0.15) is 69.0 Å². The van der Waals surface area contributed by atoms with E-state index in [-0.39, 0.29) is 128 Å². The molecule has 0 saturated heterocycles. The third-order valence-electron chi connectivity index (χ3n) is 14.5. The minimum Gasteiger partial charge on any atom is -0.458 e. The van der Waals surface area contributed by atoms with Crippen LogP contribution in [0.2, 0.25) is 0 Å². The first-order valence-corrected chi connectivity index (χ1v) is 24.3. The van der Waals surface area contributed by atoms with Crippen molar-refractivity contribution in [2.45, 2.75) is 30.9 Å². The number of hydrogen-bond acceptors (Lipinski definition) is 8. The Morgan fingerprint density at radius 2 is 0.571 bits per heavy atom. The second kappa shape index (κ2) is 14.7. The molecule has 8 heterocycles. The molecule has 26 heteroatoms. The van der Waals surface area contributed by atoms with Crippen molar-refractivity contribution in [3.8, 4) is 69.0 Å². The number of ether oxygens (including phenoxy) is 6. The van der Waals surface area contributed by atoms with E-state index in [1.165, 1.54) is 24.3 Å². The summed E-state index contributed by atoms with van der Waals surface area (Å²) in [5.41, 5.74) is -4.55. The van der Waals surface area contributed by atoms with Crippen LogP contribution in [0, 0.1) is 0 Å². The van der Waals surface area contributed by atoms with Crippen LogP contribution in [0.1, 0.15) is 27.8 Å². The van der Waals surface area contributed by atoms with Gasteiger partial charge >= 0.3 is 30.9 Å². The van der Waals surface area contributed by atoms with Gasteiger partial charge in [-0.05, 0) is 94.6 Å². The summed E-state index contributed by atoms with van der Waals surface area (Å²) in [6.45, 7) is -3.32. The van der Waals surface area contributed by atoms with E-state index < -0.39 is 78.8 Å². The monoisotopic (exact) mass is 1110 g/mol. The highest BCUT2D eigenvalue weighted by atomic mass is 32.1. The fourth-order valence-electron chi connectivity index (χ4n) is 11.3. The van der Waals surface area contributed by atoms with Gasteiger partial charge in [-0.25, -0.2) is 0 Å². The molecule has 0 fully saturated rings. The fraction of sp³-hybridized carbons (Fsp3) is 0.0980. The summed E-state index contributed by atoms with van der Waals surface area (Å²) in [6, 6.07) is 15.9. The van der Waals surface area contributed by atoms with E-state index in [2.05, 4.69) is 0 Å². The molecule has 382 valence electrons. The molecule has 2 aromatic heterocycles. The second-order valence-corrected chi connectivity index (χ2v) is 21.1. The molecule has 0 unspecified atom stereocenters. The summed E-state index contributed by atoms with van der Waals surface area (Å²) in [5.74, 6) is -2.91. The number of benzene rings is 7. The van der Waals surface area contributed by atoms with Crippen LogP contribution >= 0.6 is 22.7 Å². The maximum Gasteiger partial charge on any atom is 0.416 e. The summed E-state index contributed by atoms with van der Waals surface area (Å²) in [7, 11) is 0. The molecule has 77 heavy (non-hydrogen) atoms. The molecule has 0 N–H and O–H groups in total. The number of halogens is 15. The third-order valence-corrected chi connectivity index (χ3v) is 16.9. The molecule has 0 spiro atoms. The molecule has 0 bridgehead atoms. The van der Waals surface area contributed by atoms with Crippen LogP contribution in [0.4, 0.5) is 65.9 Å². The Bertz CT molecular complexity index is 3960. The van der Waals surface area contributed by atoms with Crippen molar-refractivity contribution in [3.63, 3.8) is 0 Å². The van der Waals surface area contributed by atoms with E-state index in [0.717, 1.165) is 71.2 Å². The van der Waals surface area contributed by atoms with Crippen molar-refractivity contribution in [2.24, 2.45) is 0 Å². The highest BCUT2D eigenvalue weighted by Gasteiger charge is 2.51. The van der Waals surface area contributed by atoms with Crippen LogP contribution in [-0.4, -0.2) is 20.1 Å². The Morgan fingerprint density at radius 1 is 0.286 bits per heavy atom. The highest BCUT2D eigenvalue weighted by molar-refractivity contribution is 7.33. The van der Waals surface area contributed by atoms with Crippen LogP contribution < -0.4 is 76.2 Å². The molecule has 15 rings (SSSR count). The van der Waals surface area contributed by atoms with Crippen LogP contribution in [0.3, 0.4) is 0 Å². The van der Waals surface area contributed by atoms with Gasteiger partial charge in [0.2, 0.25) is 0 Å². The van der Waals surface area contributed by atoms with Crippen LogP contribution in [0.15, 0.2) is 97.1 Å². The molecule has 0 saturated carbocycles. The maximum atomic E-state index is 14.7. The fourth-order valence-corrected chi connectivity index (χ4v) is 13.7. The predicted octanol–water partition coefficient (Wildman–Crippen LogP) is 11.4. The Labute approximate surface area is 428 Å².